The molecule has 8 N–H and O–H groups in total. The van der Waals surface area contributed by atoms with Crippen molar-refractivity contribution in [2.75, 3.05) is 27.3 Å². The summed E-state index contributed by atoms with van der Waals surface area (Å²) in [5.41, 5.74) is 0.571. The first-order chi connectivity index (χ1) is 20.1. The van der Waals surface area contributed by atoms with Crippen LogP contribution >= 0.6 is 0 Å². The van der Waals surface area contributed by atoms with Crippen LogP contribution in [0.25, 0.3) is 0 Å². The summed E-state index contributed by atoms with van der Waals surface area (Å²) in [5.74, 6) is -13.0. The number of rotatable bonds is 10. The normalized spacial score (nSPS) is 32.6. The van der Waals surface area contributed by atoms with Crippen LogP contribution in [-0.2, 0) is 29.6 Å². The minimum atomic E-state index is -2.88. The molecule has 0 aromatic heterocycles. The largest absolute Gasteiger partial charge is 0.507 e. The molecule has 2 fully saturated rings. The Morgan fingerprint density at radius 3 is 2.40 bits per heavy atom. The molecule has 3 aliphatic rings. The zero-order valence-electron chi connectivity index (χ0n) is 24.2. The molecule has 14 heteroatoms. The van der Waals surface area contributed by atoms with Gasteiger partial charge in [0.15, 0.2) is 34.7 Å². The van der Waals surface area contributed by atoms with Crippen LogP contribution in [0.5, 0.6) is 5.75 Å². The summed E-state index contributed by atoms with van der Waals surface area (Å²) >= 11 is 0. The van der Waals surface area contributed by atoms with Crippen LogP contribution in [0.15, 0.2) is 18.2 Å². The highest BCUT2D eigenvalue weighted by Gasteiger charge is 2.71. The van der Waals surface area contributed by atoms with E-state index in [1.807, 2.05) is 0 Å². The number of nitrogens with two attached hydrogens (primary N) is 1. The highest BCUT2D eigenvalue weighted by Crippen LogP contribution is 2.55. The molecule has 1 aromatic carbocycles. The fraction of sp³-hybridized carbons (Fsp3) is 0.586. The van der Waals surface area contributed by atoms with Gasteiger partial charge < -0.3 is 31.5 Å². The molecular weight excluding hydrogens is 564 g/mol. The number of unbranched alkanes of at least 4 members (excludes halogenated alkanes) is 1. The molecule has 0 saturated heterocycles. The Morgan fingerprint density at radius 1 is 1.09 bits per heavy atom. The van der Waals surface area contributed by atoms with Crippen LogP contribution in [0.4, 0.5) is 0 Å². The van der Waals surface area contributed by atoms with E-state index in [2.05, 4.69) is 10.6 Å². The molecule has 0 spiro atoms. The monoisotopic (exact) mass is 602 g/mol. The molecular formula is C29H38N4O10. The SMILES string of the molecule is CN(C)[C@@H]1C(=O)C(C(=O)NCNCCCC[C@H](N)C(=O)O)C(=O)[C@@]2(O)C(=O)C3C(=O)c4c(O)cccc4[C@@](C)(O)[C@H]3C[C@@H]12. The standard InChI is InChI=1S/C29H38N4O10/c1-28(42)13-7-6-9-17(34)18(13)22(35)19-14(28)11-15-21(33(2)3)23(36)20(25(38)29(15,43)24(19)37)26(39)32-12-31-10-5-4-8-16(30)27(40)41/h6-7,9,14-16,19-21,31,34,42-43H,4-5,8,10-12,30H2,1-3H3,(H,32,39)(H,40,41)/t14-,15-,16-,19?,20?,21-,28+,29-/m0/s1. The molecule has 8 atom stereocenters. The molecule has 1 amide bonds. The van der Waals surface area contributed by atoms with Crippen molar-refractivity contribution in [2.24, 2.45) is 29.4 Å². The third-order valence-corrected chi connectivity index (χ3v) is 9.18. The number of phenols is 1. The molecule has 14 nitrogen and oxygen atoms in total. The molecule has 3 aliphatic carbocycles. The molecule has 234 valence electrons. The van der Waals surface area contributed by atoms with Gasteiger partial charge in [-0.15, -0.1) is 0 Å². The number of aromatic hydroxyl groups is 1. The van der Waals surface area contributed by atoms with Gasteiger partial charge in [-0.05, 0) is 58.5 Å². The summed E-state index contributed by atoms with van der Waals surface area (Å²) in [6.45, 7) is 1.59. The van der Waals surface area contributed by atoms with Crippen LogP contribution in [-0.4, -0.2) is 105 Å². The van der Waals surface area contributed by atoms with E-state index < -0.39 is 87.7 Å². The number of nitrogens with zero attached hydrogens (tertiary/aromatic N) is 1. The van der Waals surface area contributed by atoms with Gasteiger partial charge in [0.05, 0.1) is 29.8 Å². The lowest BCUT2D eigenvalue weighted by Crippen LogP contribution is -2.75. The molecule has 0 bridgehead atoms. The molecule has 0 heterocycles. The molecule has 1 aromatic rings. The number of carbonyl (C=O) groups excluding carboxylic acids is 5. The smallest absolute Gasteiger partial charge is 0.320 e. The Hall–Kier alpha value is -3.56. The molecule has 43 heavy (non-hydrogen) atoms. The number of aliphatic hydroxyl groups is 2. The summed E-state index contributed by atoms with van der Waals surface area (Å²) in [6, 6.07) is 1.88. The number of hydrogen-bond donors (Lipinski definition) is 7. The number of aliphatic carboxylic acids is 1. The number of ketones is 4. The van der Waals surface area contributed by atoms with Crippen LogP contribution in [0.2, 0.25) is 0 Å². The number of amides is 1. The number of carboxylic acid groups (broad SMARTS) is 1. The van der Waals surface area contributed by atoms with Gasteiger partial charge in [0.25, 0.3) is 0 Å². The van der Waals surface area contributed by atoms with Crippen LogP contribution in [0.1, 0.15) is 48.5 Å². The van der Waals surface area contributed by atoms with Crippen molar-refractivity contribution in [1.29, 1.82) is 0 Å². The van der Waals surface area contributed by atoms with E-state index in [1.54, 1.807) is 0 Å². The van der Waals surface area contributed by atoms with Gasteiger partial charge in [-0.1, -0.05) is 18.6 Å². The number of hydrogen-bond acceptors (Lipinski definition) is 12. The van der Waals surface area contributed by atoms with Crippen molar-refractivity contribution in [3.05, 3.63) is 29.3 Å². The van der Waals surface area contributed by atoms with Gasteiger partial charge >= 0.3 is 5.97 Å². The second-order valence-corrected chi connectivity index (χ2v) is 12.0. The van der Waals surface area contributed by atoms with E-state index in [1.165, 1.54) is 44.1 Å². The third-order valence-electron chi connectivity index (χ3n) is 9.18. The first-order valence-corrected chi connectivity index (χ1v) is 14.1. The Kier molecular flexibility index (Phi) is 8.91. The van der Waals surface area contributed by atoms with Gasteiger partial charge in [-0.2, -0.15) is 0 Å². The molecule has 4 rings (SSSR count). The number of fused-ring (bicyclic) bond motifs is 3. The van der Waals surface area contributed by atoms with E-state index >= 15 is 0 Å². The molecule has 0 radical (unpaired) electrons. The predicted octanol–water partition coefficient (Wildman–Crippen LogP) is -1.71. The average molecular weight is 603 g/mol. The Labute approximate surface area is 247 Å². The maximum Gasteiger partial charge on any atom is 0.320 e. The Bertz CT molecular complexity index is 1360. The lowest BCUT2D eigenvalue weighted by atomic mass is 9.49. The highest BCUT2D eigenvalue weighted by molar-refractivity contribution is 6.32. The lowest BCUT2D eigenvalue weighted by molar-refractivity contribution is -0.188. The quantitative estimate of drug-likeness (QED) is 0.0899. The van der Waals surface area contributed by atoms with Crippen molar-refractivity contribution in [3.63, 3.8) is 0 Å². The summed E-state index contributed by atoms with van der Waals surface area (Å²) in [6.07, 6.45) is 1.04. The second-order valence-electron chi connectivity index (χ2n) is 12.0. The molecule has 2 unspecified atom stereocenters. The van der Waals surface area contributed by atoms with Crippen molar-refractivity contribution in [3.8, 4) is 5.75 Å². The van der Waals surface area contributed by atoms with Crippen LogP contribution in [0.3, 0.4) is 0 Å². The second kappa shape index (κ2) is 11.8. The van der Waals surface area contributed by atoms with Crippen molar-refractivity contribution < 1.29 is 49.2 Å². The predicted molar refractivity (Wildman–Crippen MR) is 149 cm³/mol. The van der Waals surface area contributed by atoms with Crippen molar-refractivity contribution in [2.45, 2.75) is 55.9 Å². The summed E-state index contributed by atoms with van der Waals surface area (Å²) < 4.78 is 0. The number of carbonyl (C=O) groups is 6. The fourth-order valence-corrected chi connectivity index (χ4v) is 6.93. The summed E-state index contributed by atoms with van der Waals surface area (Å²) in [4.78, 5) is 80.4. The van der Waals surface area contributed by atoms with Gasteiger partial charge in [0.1, 0.15) is 11.8 Å². The van der Waals surface area contributed by atoms with E-state index in [9.17, 15) is 44.1 Å². The van der Waals surface area contributed by atoms with Gasteiger partial charge in [0.2, 0.25) is 5.91 Å². The number of benzene rings is 1. The van der Waals surface area contributed by atoms with Crippen LogP contribution in [0, 0.1) is 23.7 Å². The van der Waals surface area contributed by atoms with E-state index in [4.69, 9.17) is 10.8 Å². The van der Waals surface area contributed by atoms with Gasteiger partial charge in [-0.25, -0.2) is 0 Å². The minimum Gasteiger partial charge on any atom is -0.507 e. The lowest BCUT2D eigenvalue weighted by Gasteiger charge is -2.55. The number of carboxylic acids is 1. The van der Waals surface area contributed by atoms with Gasteiger partial charge in [0, 0.05) is 11.8 Å². The van der Waals surface area contributed by atoms with E-state index in [-0.39, 0.29) is 30.6 Å². The van der Waals surface area contributed by atoms with Crippen molar-refractivity contribution in [1.82, 2.24) is 15.5 Å². The number of Topliss-reactive ketones (excluding diaryl/α,β-unsaturated/α-hetero) is 4. The summed E-state index contributed by atoms with van der Waals surface area (Å²) in [7, 11) is 3.00. The van der Waals surface area contributed by atoms with Gasteiger partial charge in [-0.3, -0.25) is 39.0 Å². The first kappa shape index (κ1) is 32.4. The minimum absolute atomic E-state index is 0.0985. The Balaban J connectivity index is 1.57. The van der Waals surface area contributed by atoms with E-state index in [0.29, 0.717) is 19.4 Å². The number of likely N-dealkylation sites (N-methyl/N-ethyl adjacent to an activating group) is 1. The topological polar surface area (TPSA) is 237 Å². The van der Waals surface area contributed by atoms with E-state index in [0.717, 1.165) is 0 Å². The molecule has 0 aliphatic heterocycles. The zero-order valence-corrected chi connectivity index (χ0v) is 24.2. The number of phenolic OH excluding ortho intramolecular Hbond substituents is 1. The number of nitrogens with one attached hydrogen (secondary N) is 2. The zero-order chi connectivity index (χ0) is 32.0. The maximum atomic E-state index is 14.0. The third kappa shape index (κ3) is 5.27. The highest BCUT2D eigenvalue weighted by atomic mass is 16.4. The average Bonchev–Trinajstić information content (AvgIpc) is 2.92. The summed E-state index contributed by atoms with van der Waals surface area (Å²) in [5, 5.41) is 48.0. The van der Waals surface area contributed by atoms with Crippen molar-refractivity contribution >= 4 is 35.0 Å². The maximum absolute atomic E-state index is 14.0. The Morgan fingerprint density at radius 2 is 1.77 bits per heavy atom. The fourth-order valence-electron chi connectivity index (χ4n) is 6.93. The molecule has 2 saturated carbocycles. The van der Waals surface area contributed by atoms with Crippen LogP contribution < -0.4 is 16.4 Å². The first-order valence-electron chi connectivity index (χ1n) is 14.1.